The maximum Gasteiger partial charge on any atom is 0.339 e. The van der Waals surface area contributed by atoms with Crippen molar-refractivity contribution in [3.63, 3.8) is 0 Å². The fourth-order valence-electron chi connectivity index (χ4n) is 1.30. The van der Waals surface area contributed by atoms with Crippen LogP contribution in [0.2, 0.25) is 0 Å². The zero-order valence-electron chi connectivity index (χ0n) is 8.83. The van der Waals surface area contributed by atoms with Gasteiger partial charge < -0.3 is 10.4 Å². The summed E-state index contributed by atoms with van der Waals surface area (Å²) in [6, 6.07) is 1.42. The Labute approximate surface area is 101 Å². The van der Waals surface area contributed by atoms with Gasteiger partial charge in [0.05, 0.1) is 17.4 Å². The molecule has 2 aromatic heterocycles. The van der Waals surface area contributed by atoms with Crippen molar-refractivity contribution in [2.24, 2.45) is 0 Å². The Hall–Kier alpha value is -2.02. The van der Waals surface area contributed by atoms with Crippen LogP contribution in [-0.4, -0.2) is 32.8 Å². The minimum atomic E-state index is -1.02. The Bertz CT molecular complexity index is 501. The summed E-state index contributed by atoms with van der Waals surface area (Å²) in [6.45, 7) is 0.572. The molecule has 0 fully saturated rings. The van der Waals surface area contributed by atoms with Gasteiger partial charge in [0.1, 0.15) is 5.56 Å². The molecule has 17 heavy (non-hydrogen) atoms. The van der Waals surface area contributed by atoms with Gasteiger partial charge in [-0.2, -0.15) is 5.10 Å². The van der Waals surface area contributed by atoms with Crippen LogP contribution in [0, 0.1) is 0 Å². The van der Waals surface area contributed by atoms with Gasteiger partial charge in [0.2, 0.25) is 0 Å². The average molecular weight is 250 g/mol. The summed E-state index contributed by atoms with van der Waals surface area (Å²) in [7, 11) is 0. The zero-order valence-corrected chi connectivity index (χ0v) is 9.65. The summed E-state index contributed by atoms with van der Waals surface area (Å²) in [5, 5.41) is 21.2. The van der Waals surface area contributed by atoms with E-state index in [2.05, 4.69) is 20.5 Å². The molecule has 0 atom stereocenters. The van der Waals surface area contributed by atoms with Crippen LogP contribution in [0.25, 0.3) is 0 Å². The predicted molar refractivity (Wildman–Crippen MR) is 63.3 cm³/mol. The molecule has 0 spiro atoms. The highest BCUT2D eigenvalue weighted by atomic mass is 32.1. The molecule has 2 N–H and O–H groups in total. The van der Waals surface area contributed by atoms with Crippen LogP contribution in [0.4, 0.5) is 5.82 Å². The molecule has 0 saturated carbocycles. The lowest BCUT2D eigenvalue weighted by atomic mass is 10.2. The fourth-order valence-corrected chi connectivity index (χ4v) is 1.90. The highest BCUT2D eigenvalue weighted by Gasteiger charge is 2.10. The van der Waals surface area contributed by atoms with Crippen LogP contribution in [-0.2, 0) is 6.42 Å². The van der Waals surface area contributed by atoms with E-state index in [1.165, 1.54) is 23.6 Å². The normalized spacial score (nSPS) is 10.1. The molecule has 0 aromatic carbocycles. The molecule has 0 bridgehead atoms. The maximum atomic E-state index is 10.9. The van der Waals surface area contributed by atoms with Gasteiger partial charge in [0, 0.05) is 18.3 Å². The summed E-state index contributed by atoms with van der Waals surface area (Å²) >= 11 is 1.53. The van der Waals surface area contributed by atoms with E-state index >= 15 is 0 Å². The number of carboxylic acid groups (broad SMARTS) is 1. The van der Waals surface area contributed by atoms with Crippen LogP contribution in [0.1, 0.15) is 16.1 Å². The number of nitrogens with one attached hydrogen (secondary N) is 1. The third-order valence-electron chi connectivity index (χ3n) is 2.11. The second-order valence-corrected chi connectivity index (χ2v) is 3.97. The van der Waals surface area contributed by atoms with Crippen LogP contribution in [0.5, 0.6) is 0 Å². The van der Waals surface area contributed by atoms with E-state index in [0.717, 1.165) is 12.1 Å². The molecule has 6 nitrogen and oxygen atoms in total. The number of hydrogen-bond donors (Lipinski definition) is 2. The standard InChI is InChI=1S/C10H10N4O2S/c15-10(16)8-2-4-13-14-9(8)11-3-1-7-5-17-6-12-7/h2,4-6H,1,3H2,(H,11,14)(H,15,16). The smallest absolute Gasteiger partial charge is 0.339 e. The number of aromatic nitrogens is 3. The number of thiazole rings is 1. The number of aromatic carboxylic acids is 1. The molecular formula is C10H10N4O2S. The molecule has 2 rings (SSSR count). The van der Waals surface area contributed by atoms with E-state index in [4.69, 9.17) is 5.11 Å². The van der Waals surface area contributed by atoms with Crippen molar-refractivity contribution >= 4 is 23.1 Å². The Morgan fingerprint density at radius 3 is 3.12 bits per heavy atom. The Morgan fingerprint density at radius 2 is 2.41 bits per heavy atom. The minimum absolute atomic E-state index is 0.123. The Kier molecular flexibility index (Phi) is 3.61. The van der Waals surface area contributed by atoms with Gasteiger partial charge in [-0.05, 0) is 6.07 Å². The molecule has 0 radical (unpaired) electrons. The van der Waals surface area contributed by atoms with Crippen LogP contribution in [0.3, 0.4) is 0 Å². The van der Waals surface area contributed by atoms with Crippen molar-refractivity contribution in [2.45, 2.75) is 6.42 Å². The fraction of sp³-hybridized carbons (Fsp3) is 0.200. The first-order chi connectivity index (χ1) is 8.27. The van der Waals surface area contributed by atoms with Crippen molar-refractivity contribution in [2.75, 3.05) is 11.9 Å². The lowest BCUT2D eigenvalue weighted by Crippen LogP contribution is -2.11. The molecule has 2 aromatic rings. The average Bonchev–Trinajstić information content (AvgIpc) is 2.82. The summed E-state index contributed by atoms with van der Waals surface area (Å²) in [4.78, 5) is 15.0. The largest absolute Gasteiger partial charge is 0.478 e. The number of carboxylic acids is 1. The summed E-state index contributed by atoms with van der Waals surface area (Å²) in [5.41, 5.74) is 2.86. The summed E-state index contributed by atoms with van der Waals surface area (Å²) in [6.07, 6.45) is 2.08. The topological polar surface area (TPSA) is 88.0 Å². The van der Waals surface area contributed by atoms with Crippen molar-refractivity contribution in [3.05, 3.63) is 34.4 Å². The number of anilines is 1. The molecule has 88 valence electrons. The van der Waals surface area contributed by atoms with Crippen LogP contribution >= 0.6 is 11.3 Å². The number of rotatable bonds is 5. The second kappa shape index (κ2) is 5.35. The second-order valence-electron chi connectivity index (χ2n) is 3.26. The van der Waals surface area contributed by atoms with Gasteiger partial charge in [-0.3, -0.25) is 0 Å². The third kappa shape index (κ3) is 2.97. The van der Waals surface area contributed by atoms with Crippen molar-refractivity contribution in [3.8, 4) is 0 Å². The first-order valence-corrected chi connectivity index (χ1v) is 5.87. The van der Waals surface area contributed by atoms with E-state index in [9.17, 15) is 4.79 Å². The first-order valence-electron chi connectivity index (χ1n) is 4.93. The monoisotopic (exact) mass is 250 g/mol. The van der Waals surface area contributed by atoms with E-state index in [1.54, 1.807) is 5.51 Å². The molecule has 0 aliphatic heterocycles. The highest BCUT2D eigenvalue weighted by Crippen LogP contribution is 2.10. The van der Waals surface area contributed by atoms with Crippen LogP contribution in [0.15, 0.2) is 23.2 Å². The van der Waals surface area contributed by atoms with E-state index in [-0.39, 0.29) is 11.4 Å². The SMILES string of the molecule is O=C(O)c1ccnnc1NCCc1cscn1. The lowest BCUT2D eigenvalue weighted by Gasteiger charge is -2.05. The number of carbonyl (C=O) groups is 1. The third-order valence-corrected chi connectivity index (χ3v) is 2.74. The molecule has 0 aliphatic rings. The van der Waals surface area contributed by atoms with Gasteiger partial charge in [-0.15, -0.1) is 16.4 Å². The van der Waals surface area contributed by atoms with Crippen molar-refractivity contribution < 1.29 is 9.90 Å². The van der Waals surface area contributed by atoms with Gasteiger partial charge in [-0.1, -0.05) is 0 Å². The quantitative estimate of drug-likeness (QED) is 0.831. The van der Waals surface area contributed by atoms with Crippen molar-refractivity contribution in [1.82, 2.24) is 15.2 Å². The van der Waals surface area contributed by atoms with Gasteiger partial charge in [-0.25, -0.2) is 9.78 Å². The van der Waals surface area contributed by atoms with Gasteiger partial charge >= 0.3 is 5.97 Å². The van der Waals surface area contributed by atoms with E-state index in [1.807, 2.05) is 5.38 Å². The lowest BCUT2D eigenvalue weighted by molar-refractivity contribution is 0.0697. The molecule has 0 aliphatic carbocycles. The Morgan fingerprint density at radius 1 is 1.53 bits per heavy atom. The maximum absolute atomic E-state index is 10.9. The first kappa shape index (κ1) is 11.5. The highest BCUT2D eigenvalue weighted by molar-refractivity contribution is 7.07. The van der Waals surface area contributed by atoms with Crippen LogP contribution < -0.4 is 5.32 Å². The molecule has 2 heterocycles. The van der Waals surface area contributed by atoms with E-state index < -0.39 is 5.97 Å². The van der Waals surface area contributed by atoms with E-state index in [0.29, 0.717) is 6.54 Å². The molecular weight excluding hydrogens is 240 g/mol. The summed E-state index contributed by atoms with van der Waals surface area (Å²) in [5.74, 6) is -0.730. The predicted octanol–water partition coefficient (Wildman–Crippen LogP) is 1.29. The van der Waals surface area contributed by atoms with Gasteiger partial charge in [0.15, 0.2) is 5.82 Å². The van der Waals surface area contributed by atoms with Gasteiger partial charge in [0.25, 0.3) is 0 Å². The number of nitrogens with zero attached hydrogens (tertiary/aromatic N) is 3. The Balaban J connectivity index is 1.97. The molecule has 0 saturated heterocycles. The zero-order chi connectivity index (χ0) is 12.1. The molecule has 0 unspecified atom stereocenters. The minimum Gasteiger partial charge on any atom is -0.478 e. The summed E-state index contributed by atoms with van der Waals surface area (Å²) < 4.78 is 0. The molecule has 7 heteroatoms. The number of hydrogen-bond acceptors (Lipinski definition) is 6. The molecule has 0 amide bonds. The van der Waals surface area contributed by atoms with Crippen molar-refractivity contribution in [1.29, 1.82) is 0 Å².